The summed E-state index contributed by atoms with van der Waals surface area (Å²) in [5.41, 5.74) is 1.94. The Bertz CT molecular complexity index is 593. The summed E-state index contributed by atoms with van der Waals surface area (Å²) in [5, 5.41) is 12.4. The first kappa shape index (κ1) is 15.3. The average molecular weight is 290 g/mol. The predicted molar refractivity (Wildman–Crippen MR) is 79.4 cm³/mol. The number of amides is 1. The van der Waals surface area contributed by atoms with Crippen LogP contribution in [0, 0.1) is 5.82 Å². The predicted octanol–water partition coefficient (Wildman–Crippen LogP) is 2.71. The first-order valence-corrected chi connectivity index (χ1v) is 7.00. The second-order valence-corrected chi connectivity index (χ2v) is 4.94. The molecule has 1 amide bonds. The Morgan fingerprint density at radius 2 is 2.05 bits per heavy atom. The van der Waals surface area contributed by atoms with Crippen LogP contribution in [-0.2, 0) is 0 Å². The van der Waals surface area contributed by atoms with E-state index in [1.807, 2.05) is 6.92 Å². The highest BCUT2D eigenvalue weighted by atomic mass is 19.1. The Hall–Kier alpha value is -2.14. The molecule has 21 heavy (non-hydrogen) atoms. The summed E-state index contributed by atoms with van der Waals surface area (Å²) in [7, 11) is 0. The van der Waals surface area contributed by atoms with Gasteiger partial charge in [-0.05, 0) is 24.1 Å². The van der Waals surface area contributed by atoms with Crippen molar-refractivity contribution >= 4 is 5.91 Å². The largest absolute Gasteiger partial charge is 0.391 e. The monoisotopic (exact) mass is 290 g/mol. The van der Waals surface area contributed by atoms with Crippen molar-refractivity contribution in [2.24, 2.45) is 0 Å². The third-order valence-electron chi connectivity index (χ3n) is 3.27. The third-order valence-corrected chi connectivity index (χ3v) is 3.27. The molecule has 0 aliphatic rings. The van der Waals surface area contributed by atoms with Crippen molar-refractivity contribution in [2.75, 3.05) is 6.54 Å². The zero-order valence-corrected chi connectivity index (χ0v) is 11.9. The highest BCUT2D eigenvalue weighted by Crippen LogP contribution is 2.23. The van der Waals surface area contributed by atoms with E-state index < -0.39 is 6.10 Å². The topological polar surface area (TPSA) is 65.1 Å². The summed E-state index contributed by atoms with van der Waals surface area (Å²) >= 11 is 0. The number of nitrogens with one attached hydrogen (secondary N) is 2. The summed E-state index contributed by atoms with van der Waals surface area (Å²) in [6.45, 7) is 2.20. The number of carbonyl (C=O) groups is 1. The van der Waals surface area contributed by atoms with E-state index >= 15 is 0 Å². The Labute approximate surface area is 123 Å². The van der Waals surface area contributed by atoms with E-state index in [4.69, 9.17) is 0 Å². The molecule has 4 nitrogen and oxygen atoms in total. The second-order valence-electron chi connectivity index (χ2n) is 4.94. The van der Waals surface area contributed by atoms with Gasteiger partial charge in [0.1, 0.15) is 5.82 Å². The molecule has 1 aromatic carbocycles. The molecular weight excluding hydrogens is 271 g/mol. The van der Waals surface area contributed by atoms with Crippen LogP contribution in [0.3, 0.4) is 0 Å². The number of rotatable bonds is 6. The quantitative estimate of drug-likeness (QED) is 0.766. The van der Waals surface area contributed by atoms with Gasteiger partial charge in [-0.25, -0.2) is 4.39 Å². The van der Waals surface area contributed by atoms with E-state index in [2.05, 4.69) is 10.3 Å². The SMILES string of the molecule is CCCC(O)CNC(=O)c1c[nH]cc1-c1ccc(F)cc1. The lowest BCUT2D eigenvalue weighted by Gasteiger charge is -2.11. The van der Waals surface area contributed by atoms with Crippen LogP contribution in [0.25, 0.3) is 11.1 Å². The molecule has 0 aliphatic carbocycles. The molecule has 2 rings (SSSR count). The van der Waals surface area contributed by atoms with Gasteiger partial charge in [0.2, 0.25) is 0 Å². The smallest absolute Gasteiger partial charge is 0.253 e. The van der Waals surface area contributed by atoms with Gasteiger partial charge in [-0.2, -0.15) is 0 Å². The van der Waals surface area contributed by atoms with Gasteiger partial charge in [0.05, 0.1) is 11.7 Å². The van der Waals surface area contributed by atoms with Crippen molar-refractivity contribution in [3.63, 3.8) is 0 Å². The molecule has 0 aliphatic heterocycles. The fourth-order valence-electron chi connectivity index (χ4n) is 2.16. The fraction of sp³-hybridized carbons (Fsp3) is 0.312. The summed E-state index contributed by atoms with van der Waals surface area (Å²) in [4.78, 5) is 15.0. The number of hydrogen-bond acceptors (Lipinski definition) is 2. The van der Waals surface area contributed by atoms with Crippen LogP contribution in [0.4, 0.5) is 4.39 Å². The zero-order valence-electron chi connectivity index (χ0n) is 11.9. The van der Waals surface area contributed by atoms with Crippen molar-refractivity contribution in [1.82, 2.24) is 10.3 Å². The lowest BCUT2D eigenvalue weighted by molar-refractivity contribution is 0.0911. The molecule has 1 heterocycles. The standard InChI is InChI=1S/C16H19FN2O2/c1-2-3-13(20)8-19-16(21)15-10-18-9-14(15)11-4-6-12(17)7-5-11/h4-7,9-10,13,18,20H,2-3,8H2,1H3,(H,19,21). The number of hydrogen-bond donors (Lipinski definition) is 3. The van der Waals surface area contributed by atoms with Crippen molar-refractivity contribution < 1.29 is 14.3 Å². The summed E-state index contributed by atoms with van der Waals surface area (Å²) in [6, 6.07) is 5.96. The van der Waals surface area contributed by atoms with Gasteiger partial charge in [0.15, 0.2) is 0 Å². The molecule has 5 heteroatoms. The molecule has 0 radical (unpaired) electrons. The molecule has 0 spiro atoms. The minimum atomic E-state index is -0.535. The zero-order chi connectivity index (χ0) is 15.2. The van der Waals surface area contributed by atoms with Gasteiger partial charge in [0.25, 0.3) is 5.91 Å². The molecule has 1 atom stereocenters. The van der Waals surface area contributed by atoms with Crippen LogP contribution in [0.15, 0.2) is 36.7 Å². The Morgan fingerprint density at radius 1 is 1.33 bits per heavy atom. The van der Waals surface area contributed by atoms with Crippen LogP contribution >= 0.6 is 0 Å². The van der Waals surface area contributed by atoms with Crippen LogP contribution in [0.1, 0.15) is 30.1 Å². The van der Waals surface area contributed by atoms with Gasteiger partial charge >= 0.3 is 0 Å². The maximum atomic E-state index is 13.0. The van der Waals surface area contributed by atoms with Crippen molar-refractivity contribution in [1.29, 1.82) is 0 Å². The fourth-order valence-corrected chi connectivity index (χ4v) is 2.16. The molecule has 112 valence electrons. The van der Waals surface area contributed by atoms with E-state index in [0.717, 1.165) is 12.0 Å². The minimum absolute atomic E-state index is 0.223. The first-order chi connectivity index (χ1) is 10.1. The van der Waals surface area contributed by atoms with Crippen molar-refractivity contribution in [2.45, 2.75) is 25.9 Å². The van der Waals surface area contributed by atoms with E-state index in [0.29, 0.717) is 17.5 Å². The number of carbonyl (C=O) groups excluding carboxylic acids is 1. The van der Waals surface area contributed by atoms with Crippen LogP contribution in [0.5, 0.6) is 0 Å². The Morgan fingerprint density at radius 3 is 2.71 bits per heavy atom. The molecule has 0 saturated carbocycles. The Balaban J connectivity index is 2.09. The van der Waals surface area contributed by atoms with Crippen LogP contribution in [-0.4, -0.2) is 28.6 Å². The summed E-state index contributed by atoms with van der Waals surface area (Å²) in [5.74, 6) is -0.575. The lowest BCUT2D eigenvalue weighted by atomic mass is 10.0. The highest BCUT2D eigenvalue weighted by molar-refractivity contribution is 6.00. The van der Waals surface area contributed by atoms with Crippen LogP contribution < -0.4 is 5.32 Å². The van der Waals surface area contributed by atoms with Gasteiger partial charge in [-0.1, -0.05) is 25.5 Å². The molecule has 1 aromatic heterocycles. The molecule has 2 aromatic rings. The summed E-state index contributed by atoms with van der Waals surface area (Å²) in [6.07, 6.45) is 4.28. The van der Waals surface area contributed by atoms with E-state index in [-0.39, 0.29) is 18.3 Å². The number of aromatic amines is 1. The number of aliphatic hydroxyl groups excluding tert-OH is 1. The number of aliphatic hydroxyl groups is 1. The summed E-state index contributed by atoms with van der Waals surface area (Å²) < 4.78 is 13.0. The third kappa shape index (κ3) is 3.92. The second kappa shape index (κ2) is 7.04. The molecule has 0 fully saturated rings. The van der Waals surface area contributed by atoms with Gasteiger partial charge < -0.3 is 15.4 Å². The normalized spacial score (nSPS) is 12.1. The van der Waals surface area contributed by atoms with Gasteiger partial charge in [0, 0.05) is 24.5 Å². The number of benzene rings is 1. The first-order valence-electron chi connectivity index (χ1n) is 7.00. The minimum Gasteiger partial charge on any atom is -0.391 e. The molecule has 0 bridgehead atoms. The Kier molecular flexibility index (Phi) is 5.11. The molecular formula is C16H19FN2O2. The van der Waals surface area contributed by atoms with Crippen molar-refractivity contribution in [3.05, 3.63) is 48.0 Å². The van der Waals surface area contributed by atoms with Crippen LogP contribution in [0.2, 0.25) is 0 Å². The van der Waals surface area contributed by atoms with Gasteiger partial charge in [-0.3, -0.25) is 4.79 Å². The maximum Gasteiger partial charge on any atom is 0.253 e. The van der Waals surface area contributed by atoms with Gasteiger partial charge in [-0.15, -0.1) is 0 Å². The molecule has 1 unspecified atom stereocenters. The van der Waals surface area contributed by atoms with E-state index in [1.165, 1.54) is 12.1 Å². The van der Waals surface area contributed by atoms with E-state index in [1.54, 1.807) is 24.5 Å². The highest BCUT2D eigenvalue weighted by Gasteiger charge is 2.15. The van der Waals surface area contributed by atoms with Crippen molar-refractivity contribution in [3.8, 4) is 11.1 Å². The molecule has 0 saturated heterocycles. The average Bonchev–Trinajstić information content (AvgIpc) is 2.95. The number of H-pyrrole nitrogens is 1. The molecule has 3 N–H and O–H groups in total. The lowest BCUT2D eigenvalue weighted by Crippen LogP contribution is -2.32. The maximum absolute atomic E-state index is 13.0. The number of aromatic nitrogens is 1. The van der Waals surface area contributed by atoms with E-state index in [9.17, 15) is 14.3 Å². The number of halogens is 1.